The van der Waals surface area contributed by atoms with Gasteiger partial charge < -0.3 is 15.7 Å². The van der Waals surface area contributed by atoms with Crippen LogP contribution in [-0.2, 0) is 6.42 Å². The van der Waals surface area contributed by atoms with E-state index >= 15 is 0 Å². The summed E-state index contributed by atoms with van der Waals surface area (Å²) in [6.07, 6.45) is 1.56. The summed E-state index contributed by atoms with van der Waals surface area (Å²) in [6, 6.07) is 7.92. The largest absolute Gasteiger partial charge is 0.396 e. The number of rotatable bonds is 4. The van der Waals surface area contributed by atoms with Crippen molar-refractivity contribution < 1.29 is 9.90 Å². The van der Waals surface area contributed by atoms with E-state index < -0.39 is 0 Å². The van der Waals surface area contributed by atoms with Gasteiger partial charge in [0.1, 0.15) is 0 Å². The summed E-state index contributed by atoms with van der Waals surface area (Å²) in [6.45, 7) is 5.27. The highest BCUT2D eigenvalue weighted by molar-refractivity contribution is 6.06. The molecule has 1 fully saturated rings. The summed E-state index contributed by atoms with van der Waals surface area (Å²) in [4.78, 5) is 19.5. The summed E-state index contributed by atoms with van der Waals surface area (Å²) in [5, 5.41) is 10.1. The number of amides is 1. The molecular formula is C19H25N3O2. The van der Waals surface area contributed by atoms with Gasteiger partial charge >= 0.3 is 0 Å². The van der Waals surface area contributed by atoms with Gasteiger partial charge in [0.2, 0.25) is 0 Å². The SMILES string of the molecule is CCc1ccc2nc(C)cc(C(=O)N3C[C@@H](CCO)[C@H](N)C3)c2c1. The molecule has 24 heavy (non-hydrogen) atoms. The number of benzene rings is 1. The van der Waals surface area contributed by atoms with E-state index in [0.717, 1.165) is 23.0 Å². The Balaban J connectivity index is 1.97. The van der Waals surface area contributed by atoms with Gasteiger partial charge in [-0.05, 0) is 49.4 Å². The molecule has 3 rings (SSSR count). The van der Waals surface area contributed by atoms with Gasteiger partial charge in [0.15, 0.2) is 0 Å². The van der Waals surface area contributed by atoms with E-state index in [0.29, 0.717) is 25.1 Å². The van der Waals surface area contributed by atoms with Crippen molar-refractivity contribution >= 4 is 16.8 Å². The number of aryl methyl sites for hydroxylation is 2. The summed E-state index contributed by atoms with van der Waals surface area (Å²) >= 11 is 0. The second-order valence-electron chi connectivity index (χ2n) is 6.66. The first-order valence-electron chi connectivity index (χ1n) is 8.59. The van der Waals surface area contributed by atoms with E-state index in [2.05, 4.69) is 24.0 Å². The highest BCUT2D eigenvalue weighted by Gasteiger charge is 2.33. The topological polar surface area (TPSA) is 79.5 Å². The maximum atomic E-state index is 13.1. The number of aliphatic hydroxyl groups excluding tert-OH is 1. The van der Waals surface area contributed by atoms with Crippen LogP contribution in [0.25, 0.3) is 10.9 Å². The first-order valence-corrected chi connectivity index (χ1v) is 8.59. The number of nitrogens with zero attached hydrogens (tertiary/aromatic N) is 2. The van der Waals surface area contributed by atoms with Crippen LogP contribution in [0.3, 0.4) is 0 Å². The second kappa shape index (κ2) is 6.87. The standard InChI is InChI=1S/C19H25N3O2/c1-3-13-4-5-18-15(9-13)16(8-12(2)21-18)19(24)22-10-14(6-7-23)17(20)11-22/h4-5,8-9,14,17,23H,3,6-7,10-11,20H2,1-2H3/t14-,17-/m1/s1. The molecule has 1 aromatic carbocycles. The predicted octanol–water partition coefficient (Wildman–Crippen LogP) is 1.89. The van der Waals surface area contributed by atoms with Crippen molar-refractivity contribution in [2.24, 2.45) is 11.7 Å². The quantitative estimate of drug-likeness (QED) is 0.899. The molecule has 1 aliphatic rings. The molecule has 1 amide bonds. The number of carbonyl (C=O) groups is 1. The molecule has 1 saturated heterocycles. The molecule has 1 aliphatic heterocycles. The Labute approximate surface area is 142 Å². The van der Waals surface area contributed by atoms with Gasteiger partial charge in [-0.1, -0.05) is 13.0 Å². The van der Waals surface area contributed by atoms with Crippen LogP contribution in [0.4, 0.5) is 0 Å². The van der Waals surface area contributed by atoms with E-state index in [-0.39, 0.29) is 24.5 Å². The number of aliphatic hydroxyl groups is 1. The molecule has 0 spiro atoms. The third-order valence-electron chi connectivity index (χ3n) is 4.92. The third kappa shape index (κ3) is 3.14. The maximum Gasteiger partial charge on any atom is 0.254 e. The highest BCUT2D eigenvalue weighted by Crippen LogP contribution is 2.25. The lowest BCUT2D eigenvalue weighted by molar-refractivity contribution is 0.0785. The number of pyridine rings is 1. The lowest BCUT2D eigenvalue weighted by Crippen LogP contribution is -2.32. The van der Waals surface area contributed by atoms with Crippen molar-refractivity contribution in [2.45, 2.75) is 32.7 Å². The zero-order chi connectivity index (χ0) is 17.3. The number of likely N-dealkylation sites (tertiary alicyclic amines) is 1. The van der Waals surface area contributed by atoms with E-state index in [1.54, 1.807) is 0 Å². The van der Waals surface area contributed by atoms with Crippen LogP contribution in [0, 0.1) is 12.8 Å². The fourth-order valence-corrected chi connectivity index (χ4v) is 3.51. The van der Waals surface area contributed by atoms with Crippen LogP contribution < -0.4 is 5.73 Å². The predicted molar refractivity (Wildman–Crippen MR) is 94.9 cm³/mol. The minimum atomic E-state index is -0.0681. The Bertz CT molecular complexity index is 760. The van der Waals surface area contributed by atoms with Crippen molar-refractivity contribution in [3.8, 4) is 0 Å². The number of hydrogen-bond donors (Lipinski definition) is 2. The van der Waals surface area contributed by atoms with Crippen molar-refractivity contribution in [2.75, 3.05) is 19.7 Å². The fourth-order valence-electron chi connectivity index (χ4n) is 3.51. The Hall–Kier alpha value is -1.98. The van der Waals surface area contributed by atoms with Gasteiger partial charge in [0, 0.05) is 36.8 Å². The maximum absolute atomic E-state index is 13.1. The average Bonchev–Trinajstić information content (AvgIpc) is 2.94. The van der Waals surface area contributed by atoms with E-state index in [1.165, 1.54) is 5.56 Å². The van der Waals surface area contributed by atoms with Crippen LogP contribution in [0.1, 0.15) is 35.0 Å². The molecule has 0 aliphatic carbocycles. The number of carbonyl (C=O) groups excluding carboxylic acids is 1. The van der Waals surface area contributed by atoms with Crippen LogP contribution >= 0.6 is 0 Å². The number of nitrogens with two attached hydrogens (primary N) is 1. The second-order valence-corrected chi connectivity index (χ2v) is 6.66. The molecule has 1 aromatic heterocycles. The summed E-state index contributed by atoms with van der Waals surface area (Å²) in [5.41, 5.74) is 9.73. The summed E-state index contributed by atoms with van der Waals surface area (Å²) in [5.74, 6) is 0.175. The van der Waals surface area contributed by atoms with Crippen LogP contribution in [-0.4, -0.2) is 46.6 Å². The zero-order valence-electron chi connectivity index (χ0n) is 14.3. The van der Waals surface area contributed by atoms with E-state index in [4.69, 9.17) is 10.8 Å². The van der Waals surface area contributed by atoms with Crippen molar-refractivity contribution in [1.82, 2.24) is 9.88 Å². The molecule has 2 heterocycles. The Morgan fingerprint density at radius 2 is 2.17 bits per heavy atom. The van der Waals surface area contributed by atoms with E-state index in [1.807, 2.05) is 24.0 Å². The molecule has 2 aromatic rings. The summed E-state index contributed by atoms with van der Waals surface area (Å²) < 4.78 is 0. The molecule has 0 saturated carbocycles. The Morgan fingerprint density at radius 1 is 1.38 bits per heavy atom. The molecule has 5 nitrogen and oxygen atoms in total. The normalized spacial score (nSPS) is 20.8. The van der Waals surface area contributed by atoms with Gasteiger partial charge in [0.25, 0.3) is 5.91 Å². The Morgan fingerprint density at radius 3 is 2.88 bits per heavy atom. The number of fused-ring (bicyclic) bond motifs is 1. The smallest absolute Gasteiger partial charge is 0.254 e. The van der Waals surface area contributed by atoms with Gasteiger partial charge in [-0.2, -0.15) is 0 Å². The number of aromatic nitrogens is 1. The molecule has 0 bridgehead atoms. The molecular weight excluding hydrogens is 302 g/mol. The van der Waals surface area contributed by atoms with Crippen LogP contribution in [0.15, 0.2) is 24.3 Å². The first kappa shape index (κ1) is 16.9. The highest BCUT2D eigenvalue weighted by atomic mass is 16.3. The van der Waals surface area contributed by atoms with Gasteiger partial charge in [-0.25, -0.2) is 0 Å². The summed E-state index contributed by atoms with van der Waals surface area (Å²) in [7, 11) is 0. The van der Waals surface area contributed by atoms with Crippen molar-refractivity contribution in [3.63, 3.8) is 0 Å². The minimum Gasteiger partial charge on any atom is -0.396 e. The van der Waals surface area contributed by atoms with Gasteiger partial charge in [-0.15, -0.1) is 0 Å². The van der Waals surface area contributed by atoms with Gasteiger partial charge in [-0.3, -0.25) is 9.78 Å². The van der Waals surface area contributed by atoms with E-state index in [9.17, 15) is 4.79 Å². The van der Waals surface area contributed by atoms with Crippen LogP contribution in [0.2, 0.25) is 0 Å². The first-order chi connectivity index (χ1) is 11.5. The van der Waals surface area contributed by atoms with Gasteiger partial charge in [0.05, 0.1) is 11.1 Å². The molecule has 5 heteroatoms. The molecule has 2 atom stereocenters. The lowest BCUT2D eigenvalue weighted by Gasteiger charge is -2.18. The molecule has 0 radical (unpaired) electrons. The average molecular weight is 327 g/mol. The molecule has 128 valence electrons. The van der Waals surface area contributed by atoms with Crippen molar-refractivity contribution in [3.05, 3.63) is 41.1 Å². The van der Waals surface area contributed by atoms with Crippen molar-refractivity contribution in [1.29, 1.82) is 0 Å². The molecule has 0 unspecified atom stereocenters. The third-order valence-corrected chi connectivity index (χ3v) is 4.92. The Kier molecular flexibility index (Phi) is 4.83. The zero-order valence-corrected chi connectivity index (χ0v) is 14.3. The molecule has 3 N–H and O–H groups in total. The number of hydrogen-bond acceptors (Lipinski definition) is 4. The fraction of sp³-hybridized carbons (Fsp3) is 0.474. The van der Waals surface area contributed by atoms with Crippen LogP contribution in [0.5, 0.6) is 0 Å². The monoisotopic (exact) mass is 327 g/mol. The minimum absolute atomic E-state index is 0.00893. The lowest BCUT2D eigenvalue weighted by atomic mass is 10.0.